The smallest absolute Gasteiger partial charge is 0.253 e. The Bertz CT molecular complexity index is 674. The van der Waals surface area contributed by atoms with Crippen LogP contribution in [0.5, 0.6) is 0 Å². The number of anilines is 2. The highest BCUT2D eigenvalue weighted by Gasteiger charge is 2.09. The Kier molecular flexibility index (Phi) is 4.94. The lowest BCUT2D eigenvalue weighted by molar-refractivity contribution is 0.0955. The van der Waals surface area contributed by atoms with E-state index in [9.17, 15) is 4.79 Å². The van der Waals surface area contributed by atoms with Crippen molar-refractivity contribution in [2.24, 2.45) is 0 Å². The molecule has 0 saturated heterocycles. The lowest BCUT2D eigenvalue weighted by Crippen LogP contribution is -2.26. The van der Waals surface area contributed by atoms with Crippen molar-refractivity contribution in [3.63, 3.8) is 0 Å². The van der Waals surface area contributed by atoms with Crippen molar-refractivity contribution in [3.8, 4) is 0 Å². The van der Waals surface area contributed by atoms with Crippen LogP contribution < -0.4 is 16.8 Å². The predicted octanol–water partition coefficient (Wildman–Crippen LogP) is 3.13. The summed E-state index contributed by atoms with van der Waals surface area (Å²) < 4.78 is 0. The Labute approximate surface area is 133 Å². The van der Waals surface area contributed by atoms with Crippen LogP contribution in [0, 0.1) is 0 Å². The van der Waals surface area contributed by atoms with Crippen LogP contribution in [-0.2, 0) is 6.42 Å². The van der Waals surface area contributed by atoms with E-state index in [1.807, 2.05) is 6.07 Å². The zero-order valence-corrected chi connectivity index (χ0v) is 12.7. The molecule has 2 aromatic rings. The summed E-state index contributed by atoms with van der Waals surface area (Å²) in [4.78, 5) is 12.0. The lowest BCUT2D eigenvalue weighted by atomic mass is 10.1. The summed E-state index contributed by atoms with van der Waals surface area (Å²) in [6.07, 6.45) is 0.608. The zero-order chi connectivity index (χ0) is 15.4. The molecule has 110 valence electrons. The lowest BCUT2D eigenvalue weighted by Gasteiger charge is -2.09. The first kappa shape index (κ1) is 15.5. The molecule has 0 bridgehead atoms. The summed E-state index contributed by atoms with van der Waals surface area (Å²) in [7, 11) is 0. The van der Waals surface area contributed by atoms with E-state index in [4.69, 9.17) is 34.7 Å². The largest absolute Gasteiger partial charge is 0.399 e. The molecule has 0 spiro atoms. The average Bonchev–Trinajstić information content (AvgIpc) is 2.41. The number of rotatable bonds is 4. The van der Waals surface area contributed by atoms with Crippen LogP contribution in [0.2, 0.25) is 10.0 Å². The van der Waals surface area contributed by atoms with E-state index in [-0.39, 0.29) is 5.91 Å². The van der Waals surface area contributed by atoms with Crippen molar-refractivity contribution in [1.29, 1.82) is 0 Å². The van der Waals surface area contributed by atoms with Gasteiger partial charge < -0.3 is 16.8 Å². The van der Waals surface area contributed by atoms with E-state index in [0.717, 1.165) is 5.56 Å². The molecule has 6 heteroatoms. The number of hydrogen-bond acceptors (Lipinski definition) is 3. The minimum absolute atomic E-state index is 0.238. The maximum absolute atomic E-state index is 12.0. The summed E-state index contributed by atoms with van der Waals surface area (Å²) in [6.45, 7) is 0.448. The van der Waals surface area contributed by atoms with E-state index < -0.39 is 0 Å². The summed E-state index contributed by atoms with van der Waals surface area (Å²) in [6, 6.07) is 10.1. The summed E-state index contributed by atoms with van der Waals surface area (Å²) in [5.74, 6) is -0.238. The van der Waals surface area contributed by atoms with Crippen LogP contribution in [-0.4, -0.2) is 12.5 Å². The average molecular weight is 324 g/mol. The molecule has 2 rings (SSSR count). The first-order valence-electron chi connectivity index (χ1n) is 6.34. The molecule has 21 heavy (non-hydrogen) atoms. The van der Waals surface area contributed by atoms with Gasteiger partial charge in [-0.05, 0) is 42.3 Å². The Hall–Kier alpha value is -1.91. The van der Waals surface area contributed by atoms with E-state index in [1.54, 1.807) is 30.3 Å². The second-order valence-electron chi connectivity index (χ2n) is 4.59. The zero-order valence-electron chi connectivity index (χ0n) is 11.2. The van der Waals surface area contributed by atoms with Crippen LogP contribution in [0.4, 0.5) is 11.4 Å². The second kappa shape index (κ2) is 6.70. The molecule has 4 nitrogen and oxygen atoms in total. The van der Waals surface area contributed by atoms with Gasteiger partial charge in [0, 0.05) is 28.0 Å². The van der Waals surface area contributed by atoms with Crippen LogP contribution in [0.3, 0.4) is 0 Å². The third kappa shape index (κ3) is 4.03. The highest BCUT2D eigenvalue weighted by molar-refractivity contribution is 6.35. The van der Waals surface area contributed by atoms with Gasteiger partial charge in [-0.1, -0.05) is 29.3 Å². The third-order valence-electron chi connectivity index (χ3n) is 3.02. The van der Waals surface area contributed by atoms with E-state index in [1.165, 1.54) is 0 Å². The molecule has 1 amide bonds. The topological polar surface area (TPSA) is 81.1 Å². The molecule has 0 aliphatic heterocycles. The Morgan fingerprint density at radius 2 is 1.86 bits per heavy atom. The van der Waals surface area contributed by atoms with Crippen LogP contribution in [0.25, 0.3) is 0 Å². The third-order valence-corrected chi connectivity index (χ3v) is 3.60. The van der Waals surface area contributed by atoms with E-state index >= 15 is 0 Å². The molecule has 0 atom stereocenters. The van der Waals surface area contributed by atoms with Crippen molar-refractivity contribution in [2.45, 2.75) is 6.42 Å². The first-order valence-corrected chi connectivity index (χ1v) is 7.10. The summed E-state index contributed by atoms with van der Waals surface area (Å²) in [5.41, 5.74) is 13.6. The molecule has 0 radical (unpaired) electrons. The van der Waals surface area contributed by atoms with Crippen LogP contribution >= 0.6 is 23.2 Å². The van der Waals surface area contributed by atoms with Crippen molar-refractivity contribution >= 4 is 40.5 Å². The van der Waals surface area contributed by atoms with E-state index in [2.05, 4.69) is 5.32 Å². The van der Waals surface area contributed by atoms with Gasteiger partial charge in [-0.25, -0.2) is 0 Å². The SMILES string of the molecule is Nc1ccc(C(=O)NCCc2ccc(Cl)cc2Cl)c(N)c1. The van der Waals surface area contributed by atoms with Crippen molar-refractivity contribution in [2.75, 3.05) is 18.0 Å². The van der Waals surface area contributed by atoms with Gasteiger partial charge in [-0.2, -0.15) is 0 Å². The van der Waals surface area contributed by atoms with Gasteiger partial charge in [0.15, 0.2) is 0 Å². The molecular weight excluding hydrogens is 309 g/mol. The number of nitrogen functional groups attached to an aromatic ring is 2. The summed E-state index contributed by atoms with van der Waals surface area (Å²) in [5, 5.41) is 3.97. The number of nitrogens with one attached hydrogen (secondary N) is 1. The van der Waals surface area contributed by atoms with Crippen molar-refractivity contribution < 1.29 is 4.79 Å². The quantitative estimate of drug-likeness (QED) is 0.756. The molecular formula is C15H15Cl2N3O. The highest BCUT2D eigenvalue weighted by Crippen LogP contribution is 2.21. The van der Waals surface area contributed by atoms with E-state index in [0.29, 0.717) is 39.9 Å². The van der Waals surface area contributed by atoms with Gasteiger partial charge in [0.2, 0.25) is 0 Å². The molecule has 0 heterocycles. The second-order valence-corrected chi connectivity index (χ2v) is 5.43. The Balaban J connectivity index is 1.95. The number of benzene rings is 2. The fraction of sp³-hybridized carbons (Fsp3) is 0.133. The van der Waals surface area contributed by atoms with Gasteiger partial charge >= 0.3 is 0 Å². The van der Waals surface area contributed by atoms with Gasteiger partial charge in [0.1, 0.15) is 0 Å². The molecule has 0 saturated carbocycles. The number of carbonyl (C=O) groups is 1. The van der Waals surface area contributed by atoms with Crippen molar-refractivity contribution in [1.82, 2.24) is 5.32 Å². The number of carbonyl (C=O) groups excluding carboxylic acids is 1. The molecule has 5 N–H and O–H groups in total. The highest BCUT2D eigenvalue weighted by atomic mass is 35.5. The van der Waals surface area contributed by atoms with Gasteiger partial charge in [0.05, 0.1) is 5.56 Å². The minimum Gasteiger partial charge on any atom is -0.399 e. The monoisotopic (exact) mass is 323 g/mol. The molecule has 0 aromatic heterocycles. The normalized spacial score (nSPS) is 10.4. The fourth-order valence-corrected chi connectivity index (χ4v) is 2.42. The Morgan fingerprint density at radius 1 is 1.10 bits per heavy atom. The van der Waals surface area contributed by atoms with Crippen molar-refractivity contribution in [3.05, 3.63) is 57.6 Å². The van der Waals surface area contributed by atoms with Gasteiger partial charge in [0.25, 0.3) is 5.91 Å². The molecule has 2 aromatic carbocycles. The number of hydrogen-bond donors (Lipinski definition) is 3. The number of halogens is 2. The summed E-state index contributed by atoms with van der Waals surface area (Å²) >= 11 is 11.9. The number of nitrogens with two attached hydrogens (primary N) is 2. The Morgan fingerprint density at radius 3 is 2.52 bits per heavy atom. The molecule has 0 unspecified atom stereocenters. The standard InChI is InChI=1S/C15H15Cl2N3O/c16-10-2-1-9(13(17)7-10)5-6-20-15(21)12-4-3-11(18)8-14(12)19/h1-4,7-8H,5-6,18-19H2,(H,20,21). The molecule has 0 aliphatic rings. The fourth-order valence-electron chi connectivity index (χ4n) is 1.92. The van der Waals surface area contributed by atoms with Gasteiger partial charge in [-0.3, -0.25) is 4.79 Å². The van der Waals surface area contributed by atoms with Gasteiger partial charge in [-0.15, -0.1) is 0 Å². The maximum Gasteiger partial charge on any atom is 0.253 e. The number of amides is 1. The molecule has 0 aliphatic carbocycles. The predicted molar refractivity (Wildman–Crippen MR) is 87.8 cm³/mol. The first-order chi connectivity index (χ1) is 9.97. The minimum atomic E-state index is -0.238. The van der Waals surface area contributed by atoms with Crippen LogP contribution in [0.15, 0.2) is 36.4 Å². The molecule has 0 fully saturated rings. The maximum atomic E-state index is 12.0. The van der Waals surface area contributed by atoms with Crippen LogP contribution in [0.1, 0.15) is 15.9 Å².